The van der Waals surface area contributed by atoms with Crippen LogP contribution in [0.4, 0.5) is 8.78 Å². The van der Waals surface area contributed by atoms with Crippen molar-refractivity contribution in [2.24, 2.45) is 5.41 Å². The van der Waals surface area contributed by atoms with Gasteiger partial charge in [0.15, 0.2) is 0 Å². The summed E-state index contributed by atoms with van der Waals surface area (Å²) in [4.78, 5) is 0.189. The highest BCUT2D eigenvalue weighted by atomic mass is 32.2. The average Bonchev–Trinajstić information content (AvgIpc) is 3.10. The minimum Gasteiger partial charge on any atom is -0.210 e. The monoisotopic (exact) mass is 379 g/mol. The highest BCUT2D eigenvalue weighted by molar-refractivity contribution is 7.89. The molecule has 1 N–H and O–H groups in total. The van der Waals surface area contributed by atoms with Gasteiger partial charge in [0.1, 0.15) is 11.6 Å². The van der Waals surface area contributed by atoms with E-state index in [1.54, 1.807) is 18.2 Å². The van der Waals surface area contributed by atoms with Gasteiger partial charge in [0.2, 0.25) is 10.0 Å². The summed E-state index contributed by atoms with van der Waals surface area (Å²) in [6, 6.07) is 8.44. The van der Waals surface area contributed by atoms with E-state index in [2.05, 4.69) is 4.72 Å². The van der Waals surface area contributed by atoms with Crippen molar-refractivity contribution in [3.8, 4) is 0 Å². The van der Waals surface area contributed by atoms with Crippen LogP contribution in [0.5, 0.6) is 0 Å². The van der Waals surface area contributed by atoms with Gasteiger partial charge in [0.25, 0.3) is 0 Å². The second kappa shape index (κ2) is 6.13. The molecule has 0 aromatic heterocycles. The van der Waals surface area contributed by atoms with Gasteiger partial charge in [0.05, 0.1) is 4.90 Å². The lowest BCUT2D eigenvalue weighted by Gasteiger charge is -2.22. The maximum Gasteiger partial charge on any atom is 0.240 e. The molecule has 0 bridgehead atoms. The quantitative estimate of drug-likeness (QED) is 0.845. The number of aryl methyl sites for hydroxylation is 2. The summed E-state index contributed by atoms with van der Waals surface area (Å²) in [5.41, 5.74) is 1.29. The topological polar surface area (TPSA) is 46.2 Å². The second-order valence-electron chi connectivity index (χ2n) is 7.84. The highest BCUT2D eigenvalue weighted by Gasteiger charge is 2.63. The number of hydrogen-bond donors (Lipinski definition) is 1. The molecular weight excluding hydrogens is 356 g/mol. The number of sulfonamides is 1. The van der Waals surface area contributed by atoms with Crippen LogP contribution in [-0.4, -0.2) is 15.0 Å². The zero-order chi connectivity index (χ0) is 19.3. The Kier molecular flexibility index (Phi) is 4.48. The molecule has 2 aromatic carbocycles. The lowest BCUT2D eigenvalue weighted by Crippen LogP contribution is -2.35. The van der Waals surface area contributed by atoms with Crippen molar-refractivity contribution in [1.29, 1.82) is 0 Å². The highest BCUT2D eigenvalue weighted by Crippen LogP contribution is 2.64. The van der Waals surface area contributed by atoms with Crippen molar-refractivity contribution in [1.82, 2.24) is 4.72 Å². The first-order chi connectivity index (χ1) is 12.0. The van der Waals surface area contributed by atoms with E-state index in [1.807, 2.05) is 27.7 Å². The van der Waals surface area contributed by atoms with Crippen molar-refractivity contribution in [2.75, 3.05) is 6.54 Å². The molecule has 3 rings (SSSR count). The first-order valence-electron chi connectivity index (χ1n) is 8.51. The Labute approximate surface area is 153 Å². The van der Waals surface area contributed by atoms with E-state index >= 15 is 0 Å². The van der Waals surface area contributed by atoms with Crippen molar-refractivity contribution in [2.45, 2.75) is 44.4 Å². The number of hydrogen-bond acceptors (Lipinski definition) is 2. The molecule has 6 heteroatoms. The normalized spacial score (nSPS) is 21.6. The van der Waals surface area contributed by atoms with E-state index in [4.69, 9.17) is 0 Å². The molecule has 140 valence electrons. The second-order valence-corrected chi connectivity index (χ2v) is 9.60. The van der Waals surface area contributed by atoms with E-state index < -0.39 is 27.1 Å². The average molecular weight is 379 g/mol. The molecule has 1 aliphatic carbocycles. The van der Waals surface area contributed by atoms with Gasteiger partial charge in [-0.15, -0.1) is 0 Å². The first-order valence-corrected chi connectivity index (χ1v) is 9.99. The Morgan fingerprint density at radius 3 is 2.23 bits per heavy atom. The summed E-state index contributed by atoms with van der Waals surface area (Å²) in [5, 5.41) is 0. The summed E-state index contributed by atoms with van der Waals surface area (Å²) in [6.07, 6.45) is 0.623. The van der Waals surface area contributed by atoms with Crippen molar-refractivity contribution in [3.05, 3.63) is 64.7 Å². The Morgan fingerprint density at radius 1 is 1.04 bits per heavy atom. The Bertz CT molecular complexity index is 970. The SMILES string of the molecule is Cc1ccc(S(=O)(=O)NCC2(c3ccc(F)cc3F)CC2(C)C)cc1C. The summed E-state index contributed by atoms with van der Waals surface area (Å²) in [7, 11) is -3.72. The lowest BCUT2D eigenvalue weighted by atomic mass is 9.87. The summed E-state index contributed by atoms with van der Waals surface area (Å²) in [5.74, 6) is -1.28. The molecule has 0 aliphatic heterocycles. The van der Waals surface area contributed by atoms with Gasteiger partial charge in [-0.05, 0) is 60.6 Å². The van der Waals surface area contributed by atoms with E-state index in [0.717, 1.165) is 17.2 Å². The zero-order valence-corrected chi connectivity index (χ0v) is 16.2. The number of nitrogens with one attached hydrogen (secondary N) is 1. The van der Waals surface area contributed by atoms with Crippen LogP contribution in [0.25, 0.3) is 0 Å². The van der Waals surface area contributed by atoms with Crippen LogP contribution in [0.2, 0.25) is 0 Å². The molecule has 0 spiro atoms. The Balaban J connectivity index is 1.89. The van der Waals surface area contributed by atoms with E-state index in [0.29, 0.717) is 12.0 Å². The molecule has 0 radical (unpaired) electrons. The molecule has 1 atom stereocenters. The largest absolute Gasteiger partial charge is 0.240 e. The molecule has 0 heterocycles. The lowest BCUT2D eigenvalue weighted by molar-refractivity contribution is 0.459. The van der Waals surface area contributed by atoms with Gasteiger partial charge in [-0.1, -0.05) is 26.0 Å². The molecule has 1 saturated carbocycles. The maximum absolute atomic E-state index is 14.4. The van der Waals surface area contributed by atoms with Crippen LogP contribution >= 0.6 is 0 Å². The van der Waals surface area contributed by atoms with Gasteiger partial charge in [-0.3, -0.25) is 0 Å². The zero-order valence-electron chi connectivity index (χ0n) is 15.4. The minimum absolute atomic E-state index is 0.0673. The van der Waals surface area contributed by atoms with Crippen molar-refractivity contribution >= 4 is 10.0 Å². The molecule has 1 aliphatic rings. The van der Waals surface area contributed by atoms with Crippen molar-refractivity contribution < 1.29 is 17.2 Å². The summed E-state index contributed by atoms with van der Waals surface area (Å²) < 4.78 is 55.6. The molecule has 3 nitrogen and oxygen atoms in total. The third-order valence-electron chi connectivity index (χ3n) is 5.71. The van der Waals surface area contributed by atoms with E-state index in [9.17, 15) is 17.2 Å². The first kappa shape index (κ1) is 19.0. The Hall–Kier alpha value is -1.79. The van der Waals surface area contributed by atoms with Crippen LogP contribution in [0.3, 0.4) is 0 Å². The fourth-order valence-electron chi connectivity index (χ4n) is 3.63. The van der Waals surface area contributed by atoms with Crippen LogP contribution in [0.15, 0.2) is 41.3 Å². The summed E-state index contributed by atoms with van der Waals surface area (Å²) in [6.45, 7) is 7.75. The van der Waals surface area contributed by atoms with E-state index in [1.165, 1.54) is 12.1 Å². The van der Waals surface area contributed by atoms with Gasteiger partial charge < -0.3 is 0 Å². The van der Waals surface area contributed by atoms with Crippen LogP contribution in [0, 0.1) is 30.9 Å². The van der Waals surface area contributed by atoms with Crippen molar-refractivity contribution in [3.63, 3.8) is 0 Å². The fraction of sp³-hybridized carbons (Fsp3) is 0.400. The molecule has 0 saturated heterocycles. The van der Waals surface area contributed by atoms with Crippen LogP contribution in [0.1, 0.15) is 37.0 Å². The van der Waals surface area contributed by atoms with Crippen LogP contribution in [-0.2, 0) is 15.4 Å². The van der Waals surface area contributed by atoms with E-state index in [-0.39, 0.29) is 16.9 Å². The Morgan fingerprint density at radius 2 is 1.69 bits per heavy atom. The number of halogens is 2. The third-order valence-corrected chi connectivity index (χ3v) is 7.11. The standard InChI is InChI=1S/C20H23F2NO2S/c1-13-5-7-16(9-14(13)2)26(24,25)23-12-20(11-19(20,3)4)17-8-6-15(21)10-18(17)22/h5-10,23H,11-12H2,1-4H3. The number of rotatable bonds is 5. The smallest absolute Gasteiger partial charge is 0.210 e. The van der Waals surface area contributed by atoms with Gasteiger partial charge >= 0.3 is 0 Å². The maximum atomic E-state index is 14.4. The molecular formula is C20H23F2NO2S. The van der Waals surface area contributed by atoms with Crippen LogP contribution < -0.4 is 4.72 Å². The molecule has 1 unspecified atom stereocenters. The predicted molar refractivity (Wildman–Crippen MR) is 97.5 cm³/mol. The fourth-order valence-corrected chi connectivity index (χ4v) is 4.81. The van der Waals surface area contributed by atoms with Gasteiger partial charge in [-0.2, -0.15) is 0 Å². The van der Waals surface area contributed by atoms with Gasteiger partial charge in [-0.25, -0.2) is 21.9 Å². The third kappa shape index (κ3) is 3.16. The molecule has 1 fully saturated rings. The predicted octanol–water partition coefficient (Wildman–Crippen LogP) is 4.23. The molecule has 2 aromatic rings. The molecule has 26 heavy (non-hydrogen) atoms. The number of benzene rings is 2. The molecule has 0 amide bonds. The summed E-state index contributed by atoms with van der Waals surface area (Å²) >= 11 is 0. The minimum atomic E-state index is -3.72. The van der Waals surface area contributed by atoms with Gasteiger partial charge in [0, 0.05) is 18.0 Å².